The van der Waals surface area contributed by atoms with E-state index in [2.05, 4.69) is 29.1 Å². The standard InChI is InChI=1S/C10H15NO/c12-8-5-10(3-4-10)9-11-6-1-2-7-11/h1-2,6-7,12H,3-5,8-9H2. The first-order chi connectivity index (χ1) is 5.85. The first-order valence-electron chi connectivity index (χ1n) is 4.56. The Morgan fingerprint density at radius 3 is 2.42 bits per heavy atom. The summed E-state index contributed by atoms with van der Waals surface area (Å²) >= 11 is 0. The zero-order chi connectivity index (χ0) is 8.44. The Morgan fingerprint density at radius 2 is 1.92 bits per heavy atom. The molecular formula is C10H15NO. The van der Waals surface area contributed by atoms with E-state index < -0.39 is 0 Å². The van der Waals surface area contributed by atoms with Gasteiger partial charge in [0.05, 0.1) is 0 Å². The molecule has 2 heteroatoms. The average Bonchev–Trinajstić information content (AvgIpc) is 2.63. The fourth-order valence-electron chi connectivity index (χ4n) is 1.76. The lowest BCUT2D eigenvalue weighted by atomic mass is 10.0. The van der Waals surface area contributed by atoms with Gasteiger partial charge >= 0.3 is 0 Å². The Balaban J connectivity index is 1.94. The molecule has 1 aliphatic rings. The largest absolute Gasteiger partial charge is 0.396 e. The zero-order valence-corrected chi connectivity index (χ0v) is 7.24. The van der Waals surface area contributed by atoms with Crippen molar-refractivity contribution in [2.24, 2.45) is 5.41 Å². The van der Waals surface area contributed by atoms with Crippen molar-refractivity contribution in [3.8, 4) is 0 Å². The Hall–Kier alpha value is -0.760. The summed E-state index contributed by atoms with van der Waals surface area (Å²) in [5.74, 6) is 0. The molecule has 0 atom stereocenters. The molecule has 2 rings (SSSR count). The third-order valence-electron chi connectivity index (χ3n) is 2.78. The number of nitrogens with zero attached hydrogens (tertiary/aromatic N) is 1. The topological polar surface area (TPSA) is 25.2 Å². The van der Waals surface area contributed by atoms with Gasteiger partial charge in [-0.1, -0.05) is 0 Å². The number of aliphatic hydroxyl groups is 1. The van der Waals surface area contributed by atoms with Crippen molar-refractivity contribution in [2.45, 2.75) is 25.8 Å². The smallest absolute Gasteiger partial charge is 0.0436 e. The Labute approximate surface area is 72.8 Å². The lowest BCUT2D eigenvalue weighted by Crippen LogP contribution is -2.11. The number of aliphatic hydroxyl groups excluding tert-OH is 1. The van der Waals surface area contributed by atoms with Crippen LogP contribution in [0.3, 0.4) is 0 Å². The van der Waals surface area contributed by atoms with Crippen LogP contribution in [0.25, 0.3) is 0 Å². The van der Waals surface area contributed by atoms with Crippen molar-refractivity contribution in [2.75, 3.05) is 6.61 Å². The molecule has 1 heterocycles. The Bertz CT molecular complexity index is 236. The van der Waals surface area contributed by atoms with Crippen LogP contribution in [0.5, 0.6) is 0 Å². The van der Waals surface area contributed by atoms with Crippen LogP contribution >= 0.6 is 0 Å². The maximum atomic E-state index is 8.86. The van der Waals surface area contributed by atoms with Gasteiger partial charge in [-0.15, -0.1) is 0 Å². The number of hydrogen-bond acceptors (Lipinski definition) is 1. The van der Waals surface area contributed by atoms with Crippen LogP contribution in [0, 0.1) is 5.41 Å². The summed E-state index contributed by atoms with van der Waals surface area (Å²) in [6.45, 7) is 1.42. The summed E-state index contributed by atoms with van der Waals surface area (Å²) in [7, 11) is 0. The van der Waals surface area contributed by atoms with Crippen LogP contribution in [-0.2, 0) is 6.54 Å². The summed E-state index contributed by atoms with van der Waals surface area (Å²) in [6, 6.07) is 4.10. The van der Waals surface area contributed by atoms with Gasteiger partial charge in [0.2, 0.25) is 0 Å². The third kappa shape index (κ3) is 1.53. The maximum Gasteiger partial charge on any atom is 0.0436 e. The summed E-state index contributed by atoms with van der Waals surface area (Å²) in [6.07, 6.45) is 7.72. The molecule has 1 fully saturated rings. The summed E-state index contributed by atoms with van der Waals surface area (Å²) in [4.78, 5) is 0. The van der Waals surface area contributed by atoms with E-state index in [4.69, 9.17) is 5.11 Å². The van der Waals surface area contributed by atoms with Crippen LogP contribution in [0.4, 0.5) is 0 Å². The minimum Gasteiger partial charge on any atom is -0.396 e. The molecule has 0 spiro atoms. The van der Waals surface area contributed by atoms with Gasteiger partial charge in [-0.2, -0.15) is 0 Å². The van der Waals surface area contributed by atoms with Crippen LogP contribution < -0.4 is 0 Å². The van der Waals surface area contributed by atoms with Crippen LogP contribution in [0.1, 0.15) is 19.3 Å². The average molecular weight is 165 g/mol. The first-order valence-corrected chi connectivity index (χ1v) is 4.56. The lowest BCUT2D eigenvalue weighted by Gasteiger charge is -2.13. The second kappa shape index (κ2) is 2.94. The molecule has 1 aliphatic carbocycles. The molecule has 12 heavy (non-hydrogen) atoms. The van der Waals surface area contributed by atoms with Gasteiger partial charge in [0, 0.05) is 25.5 Å². The lowest BCUT2D eigenvalue weighted by molar-refractivity contribution is 0.236. The summed E-state index contributed by atoms with van der Waals surface area (Å²) in [5.41, 5.74) is 0.438. The molecule has 2 nitrogen and oxygen atoms in total. The van der Waals surface area contributed by atoms with Crippen molar-refractivity contribution < 1.29 is 5.11 Å². The minimum atomic E-state index is 0.335. The van der Waals surface area contributed by atoms with E-state index in [0.29, 0.717) is 12.0 Å². The van der Waals surface area contributed by atoms with Crippen LogP contribution in [-0.4, -0.2) is 16.3 Å². The van der Waals surface area contributed by atoms with Crippen molar-refractivity contribution in [3.05, 3.63) is 24.5 Å². The molecule has 0 radical (unpaired) electrons. The van der Waals surface area contributed by atoms with E-state index >= 15 is 0 Å². The number of rotatable bonds is 4. The molecule has 1 aromatic heterocycles. The molecule has 0 aromatic carbocycles. The van der Waals surface area contributed by atoms with Crippen molar-refractivity contribution in [3.63, 3.8) is 0 Å². The van der Waals surface area contributed by atoms with Gasteiger partial charge in [0.1, 0.15) is 0 Å². The van der Waals surface area contributed by atoms with Gasteiger partial charge in [0.15, 0.2) is 0 Å². The van der Waals surface area contributed by atoms with E-state index in [-0.39, 0.29) is 0 Å². The van der Waals surface area contributed by atoms with Gasteiger partial charge in [0.25, 0.3) is 0 Å². The molecule has 0 unspecified atom stereocenters. The zero-order valence-electron chi connectivity index (χ0n) is 7.24. The van der Waals surface area contributed by atoms with E-state index in [0.717, 1.165) is 13.0 Å². The molecule has 1 saturated carbocycles. The van der Waals surface area contributed by atoms with Crippen LogP contribution in [0.2, 0.25) is 0 Å². The quantitative estimate of drug-likeness (QED) is 0.721. The summed E-state index contributed by atoms with van der Waals surface area (Å²) < 4.78 is 2.21. The highest BCUT2D eigenvalue weighted by molar-refractivity contribution is 4.97. The monoisotopic (exact) mass is 165 g/mol. The Morgan fingerprint density at radius 1 is 1.25 bits per heavy atom. The normalized spacial score (nSPS) is 19.4. The van der Waals surface area contributed by atoms with E-state index in [1.54, 1.807) is 0 Å². The third-order valence-corrected chi connectivity index (χ3v) is 2.78. The molecular weight excluding hydrogens is 150 g/mol. The van der Waals surface area contributed by atoms with E-state index in [9.17, 15) is 0 Å². The van der Waals surface area contributed by atoms with E-state index in [1.165, 1.54) is 12.8 Å². The molecule has 1 N–H and O–H groups in total. The molecule has 0 saturated heterocycles. The molecule has 0 amide bonds. The molecule has 66 valence electrons. The van der Waals surface area contributed by atoms with Crippen molar-refractivity contribution in [1.29, 1.82) is 0 Å². The molecule has 0 bridgehead atoms. The second-order valence-electron chi connectivity index (χ2n) is 3.83. The SMILES string of the molecule is OCCC1(Cn2cccc2)CC1. The Kier molecular flexibility index (Phi) is 1.93. The predicted molar refractivity (Wildman–Crippen MR) is 47.8 cm³/mol. The number of hydrogen-bond donors (Lipinski definition) is 1. The van der Waals surface area contributed by atoms with Crippen LogP contribution in [0.15, 0.2) is 24.5 Å². The highest BCUT2D eigenvalue weighted by Gasteiger charge is 2.41. The molecule has 0 aliphatic heterocycles. The van der Waals surface area contributed by atoms with Gasteiger partial charge in [-0.3, -0.25) is 0 Å². The maximum absolute atomic E-state index is 8.86. The second-order valence-corrected chi connectivity index (χ2v) is 3.83. The van der Waals surface area contributed by atoms with Gasteiger partial charge in [-0.05, 0) is 36.8 Å². The minimum absolute atomic E-state index is 0.335. The fraction of sp³-hybridized carbons (Fsp3) is 0.600. The first kappa shape index (κ1) is 7.87. The van der Waals surface area contributed by atoms with Crippen molar-refractivity contribution >= 4 is 0 Å². The van der Waals surface area contributed by atoms with Crippen molar-refractivity contribution in [1.82, 2.24) is 4.57 Å². The highest BCUT2D eigenvalue weighted by atomic mass is 16.3. The summed E-state index contributed by atoms with van der Waals surface area (Å²) in [5, 5.41) is 8.86. The van der Waals surface area contributed by atoms with Gasteiger partial charge < -0.3 is 9.67 Å². The highest BCUT2D eigenvalue weighted by Crippen LogP contribution is 2.49. The molecule has 1 aromatic rings. The predicted octanol–water partition coefficient (Wildman–Crippen LogP) is 1.65. The van der Waals surface area contributed by atoms with Gasteiger partial charge in [-0.25, -0.2) is 0 Å². The fourth-order valence-corrected chi connectivity index (χ4v) is 1.76. The number of aromatic nitrogens is 1. The van der Waals surface area contributed by atoms with E-state index in [1.807, 2.05) is 0 Å².